The fourth-order valence-electron chi connectivity index (χ4n) is 4.51. The first-order valence-corrected chi connectivity index (χ1v) is 12.2. The van der Waals surface area contributed by atoms with Crippen LogP contribution in [0, 0.1) is 0 Å². The predicted octanol–water partition coefficient (Wildman–Crippen LogP) is 5.51. The molecule has 0 aromatic heterocycles. The van der Waals surface area contributed by atoms with Gasteiger partial charge in [0.05, 0.1) is 12.7 Å². The van der Waals surface area contributed by atoms with Gasteiger partial charge >= 0.3 is 0 Å². The maximum atomic E-state index is 13.5. The van der Waals surface area contributed by atoms with E-state index in [1.54, 1.807) is 30.3 Å². The maximum absolute atomic E-state index is 13.5. The lowest BCUT2D eigenvalue weighted by Gasteiger charge is -2.36. The Hall–Kier alpha value is -3.35. The molecule has 2 amide bonds. The van der Waals surface area contributed by atoms with E-state index in [0.29, 0.717) is 34.1 Å². The molecule has 35 heavy (non-hydrogen) atoms. The molecular formula is C28H30ClN3O3. The number of methoxy groups -OCH3 is 1. The van der Waals surface area contributed by atoms with Gasteiger partial charge in [0.1, 0.15) is 5.75 Å². The molecule has 1 fully saturated rings. The smallest absolute Gasteiger partial charge is 0.259 e. The average molecular weight is 492 g/mol. The number of para-hydroxylation sites is 1. The fraction of sp³-hybridized carbons (Fsp3) is 0.286. The Kier molecular flexibility index (Phi) is 8.06. The van der Waals surface area contributed by atoms with Gasteiger partial charge in [-0.05, 0) is 73.7 Å². The topological polar surface area (TPSA) is 84.7 Å². The van der Waals surface area contributed by atoms with E-state index in [1.807, 2.05) is 47.4 Å². The maximum Gasteiger partial charge on any atom is 0.259 e. The normalized spacial score (nSPS) is 17.5. The van der Waals surface area contributed by atoms with Crippen molar-refractivity contribution >= 4 is 29.1 Å². The summed E-state index contributed by atoms with van der Waals surface area (Å²) < 4.78 is 5.31. The number of benzene rings is 3. The Morgan fingerprint density at radius 2 is 1.69 bits per heavy atom. The highest BCUT2D eigenvalue weighted by Crippen LogP contribution is 2.29. The first kappa shape index (κ1) is 24.8. The largest absolute Gasteiger partial charge is 0.496 e. The van der Waals surface area contributed by atoms with Crippen LogP contribution in [0.25, 0.3) is 0 Å². The fourth-order valence-corrected chi connectivity index (χ4v) is 4.69. The summed E-state index contributed by atoms with van der Waals surface area (Å²) in [5.74, 6) is 0.175. The molecule has 6 nitrogen and oxygen atoms in total. The number of rotatable bonds is 7. The molecule has 0 spiro atoms. The van der Waals surface area contributed by atoms with Crippen LogP contribution in [0.5, 0.6) is 5.75 Å². The molecule has 0 heterocycles. The van der Waals surface area contributed by atoms with Crippen LogP contribution in [0.2, 0.25) is 5.02 Å². The Labute approximate surface area is 211 Å². The van der Waals surface area contributed by atoms with E-state index in [9.17, 15) is 9.59 Å². The first-order valence-electron chi connectivity index (χ1n) is 11.8. The van der Waals surface area contributed by atoms with E-state index >= 15 is 0 Å². The first-order chi connectivity index (χ1) is 17.0. The molecule has 182 valence electrons. The molecule has 1 saturated carbocycles. The number of hydrogen-bond acceptors (Lipinski definition) is 4. The Morgan fingerprint density at radius 3 is 2.40 bits per heavy atom. The zero-order valence-electron chi connectivity index (χ0n) is 19.7. The van der Waals surface area contributed by atoms with Crippen molar-refractivity contribution in [3.05, 3.63) is 94.5 Å². The van der Waals surface area contributed by atoms with Crippen LogP contribution in [0.15, 0.2) is 72.8 Å². The van der Waals surface area contributed by atoms with E-state index in [0.717, 1.165) is 31.2 Å². The molecule has 7 heteroatoms. The van der Waals surface area contributed by atoms with E-state index in [1.165, 1.54) is 7.11 Å². The molecule has 1 aliphatic rings. The molecular weight excluding hydrogens is 462 g/mol. The molecule has 0 saturated heterocycles. The van der Waals surface area contributed by atoms with Crippen molar-refractivity contribution in [3.8, 4) is 5.75 Å². The summed E-state index contributed by atoms with van der Waals surface area (Å²) in [5.41, 5.74) is 8.56. The molecule has 0 bridgehead atoms. The van der Waals surface area contributed by atoms with Gasteiger partial charge in [0, 0.05) is 34.9 Å². The van der Waals surface area contributed by atoms with Crippen molar-refractivity contribution in [1.29, 1.82) is 0 Å². The van der Waals surface area contributed by atoms with Crippen molar-refractivity contribution in [2.75, 3.05) is 12.4 Å². The zero-order chi connectivity index (χ0) is 24.8. The van der Waals surface area contributed by atoms with Gasteiger partial charge in [-0.2, -0.15) is 0 Å². The zero-order valence-corrected chi connectivity index (χ0v) is 20.5. The molecule has 0 atom stereocenters. The third kappa shape index (κ3) is 6.02. The summed E-state index contributed by atoms with van der Waals surface area (Å²) in [6, 6.07) is 21.9. The number of nitrogens with zero attached hydrogens (tertiary/aromatic N) is 1. The van der Waals surface area contributed by atoms with Crippen molar-refractivity contribution in [2.45, 2.75) is 44.3 Å². The minimum atomic E-state index is -0.283. The number of nitrogens with one attached hydrogen (secondary N) is 1. The van der Waals surface area contributed by atoms with Crippen LogP contribution in [-0.4, -0.2) is 35.9 Å². The SMILES string of the molecule is COc1ccccc1C(=O)Nc1ccc(Cl)c(CN(C(=O)c2ccccc2)C2CCC(N)CC2)c1. The van der Waals surface area contributed by atoms with E-state index in [4.69, 9.17) is 22.1 Å². The molecule has 0 radical (unpaired) electrons. The number of nitrogens with two attached hydrogens (primary N) is 1. The van der Waals surface area contributed by atoms with Gasteiger partial charge in [0.25, 0.3) is 11.8 Å². The second-order valence-corrected chi connectivity index (χ2v) is 9.24. The van der Waals surface area contributed by atoms with Crippen molar-refractivity contribution in [2.24, 2.45) is 5.73 Å². The van der Waals surface area contributed by atoms with Crippen LogP contribution in [0.3, 0.4) is 0 Å². The second kappa shape index (κ2) is 11.4. The molecule has 0 unspecified atom stereocenters. The summed E-state index contributed by atoms with van der Waals surface area (Å²) in [5, 5.41) is 3.46. The molecule has 1 aliphatic carbocycles. The lowest BCUT2D eigenvalue weighted by molar-refractivity contribution is 0.0606. The summed E-state index contributed by atoms with van der Waals surface area (Å²) in [7, 11) is 1.53. The van der Waals surface area contributed by atoms with Crippen LogP contribution >= 0.6 is 11.6 Å². The van der Waals surface area contributed by atoms with Crippen molar-refractivity contribution < 1.29 is 14.3 Å². The third-order valence-corrected chi connectivity index (χ3v) is 6.83. The summed E-state index contributed by atoms with van der Waals surface area (Å²) in [6.45, 7) is 0.338. The minimum Gasteiger partial charge on any atom is -0.496 e. The van der Waals surface area contributed by atoms with E-state index in [2.05, 4.69) is 5.32 Å². The van der Waals surface area contributed by atoms with Gasteiger partial charge in [-0.3, -0.25) is 9.59 Å². The highest BCUT2D eigenvalue weighted by Gasteiger charge is 2.29. The number of carbonyl (C=O) groups excluding carboxylic acids is 2. The molecule has 3 aromatic rings. The number of hydrogen-bond donors (Lipinski definition) is 2. The monoisotopic (exact) mass is 491 g/mol. The van der Waals surface area contributed by atoms with Gasteiger partial charge in [-0.15, -0.1) is 0 Å². The Morgan fingerprint density at radius 1 is 1.00 bits per heavy atom. The van der Waals surface area contributed by atoms with Crippen molar-refractivity contribution in [1.82, 2.24) is 4.90 Å². The highest BCUT2D eigenvalue weighted by molar-refractivity contribution is 6.31. The highest BCUT2D eigenvalue weighted by atomic mass is 35.5. The summed E-state index contributed by atoms with van der Waals surface area (Å²) in [6.07, 6.45) is 3.46. The standard InChI is InChI=1S/C28H30ClN3O3/c1-35-26-10-6-5-9-24(26)27(33)31-22-13-16-25(29)20(17-22)18-32(23-14-11-21(30)12-15-23)28(34)19-7-3-2-4-8-19/h2-10,13,16-17,21,23H,11-12,14-15,18,30H2,1H3,(H,31,33). The van der Waals surface area contributed by atoms with Gasteiger partial charge in [-0.1, -0.05) is 41.9 Å². The molecule has 0 aliphatic heterocycles. The second-order valence-electron chi connectivity index (χ2n) is 8.83. The van der Waals surface area contributed by atoms with Crippen LogP contribution in [0.1, 0.15) is 52.0 Å². The quantitative estimate of drug-likeness (QED) is 0.456. The van der Waals surface area contributed by atoms with Gasteiger partial charge in [0.2, 0.25) is 0 Å². The third-order valence-electron chi connectivity index (χ3n) is 6.46. The molecule has 4 rings (SSSR count). The minimum absolute atomic E-state index is 0.0365. The number of halogens is 1. The Balaban J connectivity index is 1.58. The lowest BCUT2D eigenvalue weighted by Crippen LogP contribution is -2.43. The van der Waals surface area contributed by atoms with E-state index < -0.39 is 0 Å². The molecule has 3 aromatic carbocycles. The Bertz CT molecular complexity index is 1180. The number of amides is 2. The summed E-state index contributed by atoms with van der Waals surface area (Å²) in [4.78, 5) is 28.3. The number of ether oxygens (including phenoxy) is 1. The lowest BCUT2D eigenvalue weighted by atomic mass is 9.90. The van der Waals surface area contributed by atoms with Gasteiger partial charge in [0.15, 0.2) is 0 Å². The van der Waals surface area contributed by atoms with Crippen LogP contribution in [0.4, 0.5) is 5.69 Å². The van der Waals surface area contributed by atoms with Crippen LogP contribution in [-0.2, 0) is 6.54 Å². The number of anilines is 1. The average Bonchev–Trinajstić information content (AvgIpc) is 2.89. The van der Waals surface area contributed by atoms with Gasteiger partial charge in [-0.25, -0.2) is 0 Å². The summed E-state index contributed by atoms with van der Waals surface area (Å²) >= 11 is 6.56. The number of carbonyl (C=O) groups is 2. The van der Waals surface area contributed by atoms with Crippen LogP contribution < -0.4 is 15.8 Å². The molecule has 3 N–H and O–H groups in total. The van der Waals surface area contributed by atoms with Crippen molar-refractivity contribution in [3.63, 3.8) is 0 Å². The van der Waals surface area contributed by atoms with E-state index in [-0.39, 0.29) is 23.9 Å². The van der Waals surface area contributed by atoms with Gasteiger partial charge < -0.3 is 20.7 Å². The predicted molar refractivity (Wildman–Crippen MR) is 139 cm³/mol.